The van der Waals surface area contributed by atoms with E-state index in [0.717, 1.165) is 23.7 Å². The molecule has 0 saturated heterocycles. The molecule has 6 heteroatoms. The number of hydrogen-bond acceptors (Lipinski definition) is 3. The molecule has 0 aliphatic heterocycles. The molecule has 6 rings (SSSR count). The van der Waals surface area contributed by atoms with Crippen LogP contribution in [0.2, 0.25) is 5.02 Å². The number of sulfonamides is 1. The van der Waals surface area contributed by atoms with Crippen LogP contribution in [0.4, 0.5) is 5.69 Å². The van der Waals surface area contributed by atoms with E-state index < -0.39 is 10.0 Å². The predicted molar refractivity (Wildman–Crippen MR) is 115 cm³/mol. The molecule has 4 nitrogen and oxygen atoms in total. The molecular weight excluding hydrogens is 406 g/mol. The van der Waals surface area contributed by atoms with Crippen LogP contribution in [0, 0.1) is 23.7 Å². The first-order valence-electron chi connectivity index (χ1n) is 10.4. The van der Waals surface area contributed by atoms with E-state index in [9.17, 15) is 8.42 Å². The van der Waals surface area contributed by atoms with E-state index in [1.54, 1.807) is 6.07 Å². The Morgan fingerprint density at radius 1 is 0.931 bits per heavy atom. The Kier molecular flexibility index (Phi) is 4.78. The summed E-state index contributed by atoms with van der Waals surface area (Å²) in [5.41, 5.74) is 1.94. The molecule has 154 valence electrons. The lowest BCUT2D eigenvalue weighted by atomic mass is 9.51. The van der Waals surface area contributed by atoms with Crippen LogP contribution < -0.4 is 9.46 Å². The number of methoxy groups -OCH3 is 1. The number of nitrogens with one attached hydrogen (secondary N) is 1. The fourth-order valence-corrected chi connectivity index (χ4v) is 7.68. The molecule has 4 bridgehead atoms. The van der Waals surface area contributed by atoms with Crippen LogP contribution in [0.3, 0.4) is 0 Å². The standard InChI is InChI=1S/C23H26ClNO3S/c1-28-22-7-6-20(13-21(22)24)29(26,27)25-19-4-2-16(3-5-19)23-17-9-14-8-15(11-17)12-18(23)10-14/h2-7,13-15,17-18,23,25H,8-12H2,1H3. The molecule has 0 atom stereocenters. The zero-order chi connectivity index (χ0) is 20.2. The Labute approximate surface area is 177 Å². The molecule has 0 amide bonds. The van der Waals surface area contributed by atoms with E-state index in [4.69, 9.17) is 16.3 Å². The van der Waals surface area contributed by atoms with Crippen LogP contribution >= 0.6 is 11.6 Å². The van der Waals surface area contributed by atoms with Gasteiger partial charge in [-0.05, 0) is 97.6 Å². The number of ether oxygens (including phenoxy) is 1. The highest BCUT2D eigenvalue weighted by Crippen LogP contribution is 2.59. The molecule has 0 spiro atoms. The van der Waals surface area contributed by atoms with Gasteiger partial charge in [0.2, 0.25) is 0 Å². The molecule has 0 unspecified atom stereocenters. The monoisotopic (exact) mass is 431 g/mol. The Hall–Kier alpha value is -1.72. The summed E-state index contributed by atoms with van der Waals surface area (Å²) >= 11 is 6.09. The highest BCUT2D eigenvalue weighted by molar-refractivity contribution is 7.92. The van der Waals surface area contributed by atoms with Crippen molar-refractivity contribution in [2.45, 2.75) is 42.9 Å². The fourth-order valence-electron chi connectivity index (χ4n) is 6.27. The number of anilines is 1. The Bertz CT molecular complexity index is 991. The second-order valence-electron chi connectivity index (χ2n) is 8.98. The largest absolute Gasteiger partial charge is 0.495 e. The molecule has 4 aliphatic rings. The van der Waals surface area contributed by atoms with E-state index in [0.29, 0.717) is 17.4 Å². The summed E-state index contributed by atoms with van der Waals surface area (Å²) < 4.78 is 33.2. The molecule has 0 heterocycles. The van der Waals surface area contributed by atoms with Gasteiger partial charge in [0, 0.05) is 5.69 Å². The van der Waals surface area contributed by atoms with Crippen LogP contribution in [0.25, 0.3) is 0 Å². The summed E-state index contributed by atoms with van der Waals surface area (Å²) in [5.74, 6) is 4.64. The average Bonchev–Trinajstić information content (AvgIpc) is 2.68. The SMILES string of the molecule is COc1ccc(S(=O)(=O)Nc2ccc(C3C4CC5CC(C4)CC3C5)cc2)cc1Cl. The van der Waals surface area contributed by atoms with Crippen molar-refractivity contribution in [3.8, 4) is 5.75 Å². The zero-order valence-electron chi connectivity index (χ0n) is 16.5. The van der Waals surface area contributed by atoms with Crippen molar-refractivity contribution in [1.29, 1.82) is 0 Å². The summed E-state index contributed by atoms with van der Waals surface area (Å²) in [5, 5.41) is 0.271. The summed E-state index contributed by atoms with van der Waals surface area (Å²) in [6.45, 7) is 0. The van der Waals surface area contributed by atoms with Gasteiger partial charge in [-0.15, -0.1) is 0 Å². The summed E-state index contributed by atoms with van der Waals surface area (Å²) in [4.78, 5) is 0.119. The molecule has 4 fully saturated rings. The Morgan fingerprint density at radius 3 is 2.10 bits per heavy atom. The molecule has 2 aromatic rings. The zero-order valence-corrected chi connectivity index (χ0v) is 18.0. The highest BCUT2D eigenvalue weighted by atomic mass is 35.5. The maximum Gasteiger partial charge on any atom is 0.261 e. The third-order valence-corrected chi connectivity index (χ3v) is 8.88. The second kappa shape index (κ2) is 7.21. The first-order valence-corrected chi connectivity index (χ1v) is 12.3. The quantitative estimate of drug-likeness (QED) is 0.661. The van der Waals surface area contributed by atoms with Crippen molar-refractivity contribution in [3.63, 3.8) is 0 Å². The molecule has 4 aliphatic carbocycles. The van der Waals surface area contributed by atoms with Gasteiger partial charge in [-0.25, -0.2) is 8.42 Å². The van der Waals surface area contributed by atoms with Crippen molar-refractivity contribution < 1.29 is 13.2 Å². The van der Waals surface area contributed by atoms with Gasteiger partial charge < -0.3 is 4.74 Å². The van der Waals surface area contributed by atoms with Crippen LogP contribution in [-0.4, -0.2) is 15.5 Å². The van der Waals surface area contributed by atoms with Crippen molar-refractivity contribution in [3.05, 3.63) is 53.1 Å². The Morgan fingerprint density at radius 2 is 1.55 bits per heavy atom. The van der Waals surface area contributed by atoms with Crippen LogP contribution in [0.5, 0.6) is 5.75 Å². The van der Waals surface area contributed by atoms with E-state index in [-0.39, 0.29) is 9.92 Å². The molecule has 29 heavy (non-hydrogen) atoms. The van der Waals surface area contributed by atoms with Crippen molar-refractivity contribution in [1.82, 2.24) is 0 Å². The minimum absolute atomic E-state index is 0.119. The smallest absolute Gasteiger partial charge is 0.261 e. The minimum Gasteiger partial charge on any atom is -0.495 e. The summed E-state index contributed by atoms with van der Waals surface area (Å²) in [7, 11) is -2.21. The van der Waals surface area contributed by atoms with E-state index in [2.05, 4.69) is 16.9 Å². The van der Waals surface area contributed by atoms with Gasteiger partial charge in [0.15, 0.2) is 0 Å². The number of rotatable bonds is 5. The molecular formula is C23H26ClNO3S. The normalized spacial score (nSPS) is 30.3. The van der Waals surface area contributed by atoms with Crippen molar-refractivity contribution in [2.75, 3.05) is 11.8 Å². The molecule has 4 saturated carbocycles. The second-order valence-corrected chi connectivity index (χ2v) is 11.1. The lowest BCUT2D eigenvalue weighted by Crippen LogP contribution is -2.43. The third kappa shape index (κ3) is 3.53. The summed E-state index contributed by atoms with van der Waals surface area (Å²) in [6, 6.07) is 12.5. The van der Waals surface area contributed by atoms with Crippen molar-refractivity contribution >= 4 is 27.3 Å². The maximum atomic E-state index is 12.7. The first-order chi connectivity index (χ1) is 13.9. The molecule has 1 N–H and O–H groups in total. The minimum atomic E-state index is -3.71. The van der Waals surface area contributed by atoms with E-state index in [1.807, 2.05) is 12.1 Å². The Balaban J connectivity index is 1.34. The van der Waals surface area contributed by atoms with Gasteiger partial charge in [0.1, 0.15) is 5.75 Å². The number of benzene rings is 2. The van der Waals surface area contributed by atoms with Gasteiger partial charge in [0.05, 0.1) is 17.0 Å². The van der Waals surface area contributed by atoms with Gasteiger partial charge in [0.25, 0.3) is 10.0 Å². The maximum absolute atomic E-state index is 12.7. The van der Waals surface area contributed by atoms with Gasteiger partial charge in [-0.2, -0.15) is 0 Å². The van der Waals surface area contributed by atoms with Gasteiger partial charge >= 0.3 is 0 Å². The lowest BCUT2D eigenvalue weighted by Gasteiger charge is -2.54. The van der Waals surface area contributed by atoms with Gasteiger partial charge in [-0.3, -0.25) is 4.72 Å². The first kappa shape index (κ1) is 19.3. The number of halogens is 1. The van der Waals surface area contributed by atoms with Gasteiger partial charge in [-0.1, -0.05) is 23.7 Å². The number of hydrogen-bond donors (Lipinski definition) is 1. The topological polar surface area (TPSA) is 55.4 Å². The van der Waals surface area contributed by atoms with E-state index in [1.165, 1.54) is 56.9 Å². The van der Waals surface area contributed by atoms with Crippen molar-refractivity contribution in [2.24, 2.45) is 23.7 Å². The molecule has 0 aromatic heterocycles. The molecule has 0 radical (unpaired) electrons. The summed E-state index contributed by atoms with van der Waals surface area (Å²) in [6.07, 6.45) is 6.97. The highest BCUT2D eigenvalue weighted by Gasteiger charge is 2.48. The van der Waals surface area contributed by atoms with E-state index >= 15 is 0 Å². The molecule has 2 aromatic carbocycles. The fraction of sp³-hybridized carbons (Fsp3) is 0.478. The van der Waals surface area contributed by atoms with Crippen LogP contribution in [0.15, 0.2) is 47.4 Å². The third-order valence-electron chi connectivity index (χ3n) is 7.21. The average molecular weight is 432 g/mol. The van der Waals surface area contributed by atoms with Crippen LogP contribution in [0.1, 0.15) is 43.6 Å². The lowest BCUT2D eigenvalue weighted by molar-refractivity contribution is -0.00277. The van der Waals surface area contributed by atoms with Crippen LogP contribution in [-0.2, 0) is 10.0 Å². The predicted octanol–water partition coefficient (Wildman–Crippen LogP) is 5.69.